The van der Waals surface area contributed by atoms with Gasteiger partial charge in [0.15, 0.2) is 0 Å². The molecule has 0 fully saturated rings. The van der Waals surface area contributed by atoms with Gasteiger partial charge in [-0.3, -0.25) is 0 Å². The molecule has 6 nitrogen and oxygen atoms in total. The van der Waals surface area contributed by atoms with Crippen LogP contribution in [0.1, 0.15) is 11.4 Å². The fraction of sp³-hybridized carbons (Fsp3) is 0.300. The third-order valence-electron chi connectivity index (χ3n) is 4.37. The van der Waals surface area contributed by atoms with E-state index in [0.717, 1.165) is 22.4 Å². The molecule has 1 aromatic heterocycles. The predicted molar refractivity (Wildman–Crippen MR) is 102 cm³/mol. The largest absolute Gasteiger partial charge is 0.435 e. The number of imidazole rings is 1. The molecule has 0 unspecified atom stereocenters. The summed E-state index contributed by atoms with van der Waals surface area (Å²) in [5, 5.41) is 2.88. The van der Waals surface area contributed by atoms with E-state index in [9.17, 15) is 13.6 Å². The second-order valence-electron chi connectivity index (χ2n) is 6.41. The van der Waals surface area contributed by atoms with Gasteiger partial charge in [-0.25, -0.2) is 9.78 Å². The summed E-state index contributed by atoms with van der Waals surface area (Å²) in [5.41, 5.74) is 2.78. The molecule has 0 atom stereocenters. The van der Waals surface area contributed by atoms with Crippen LogP contribution in [0.5, 0.6) is 5.75 Å². The third kappa shape index (κ3) is 4.76. The number of para-hydroxylation sites is 2. The van der Waals surface area contributed by atoms with Crippen LogP contribution in [0, 0.1) is 6.92 Å². The zero-order valence-electron chi connectivity index (χ0n) is 15.7. The number of rotatable bonds is 7. The molecule has 0 saturated carbocycles. The van der Waals surface area contributed by atoms with Gasteiger partial charge in [-0.2, -0.15) is 8.78 Å². The number of hydrogen-bond acceptors (Lipinski definition) is 3. The van der Waals surface area contributed by atoms with Gasteiger partial charge < -0.3 is 19.5 Å². The van der Waals surface area contributed by atoms with E-state index in [0.29, 0.717) is 19.6 Å². The summed E-state index contributed by atoms with van der Waals surface area (Å²) in [6.45, 7) is 0.524. The van der Waals surface area contributed by atoms with Gasteiger partial charge >= 0.3 is 12.6 Å². The summed E-state index contributed by atoms with van der Waals surface area (Å²) in [4.78, 5) is 18.3. The first-order valence-electron chi connectivity index (χ1n) is 8.88. The molecule has 0 aliphatic carbocycles. The van der Waals surface area contributed by atoms with Gasteiger partial charge in [-0.05, 0) is 36.8 Å². The van der Waals surface area contributed by atoms with E-state index < -0.39 is 6.61 Å². The quantitative estimate of drug-likeness (QED) is 0.670. The summed E-state index contributed by atoms with van der Waals surface area (Å²) in [5.74, 6) is 0.990. The highest BCUT2D eigenvalue weighted by Crippen LogP contribution is 2.16. The average molecular weight is 388 g/mol. The van der Waals surface area contributed by atoms with Crippen molar-refractivity contribution in [2.45, 2.75) is 26.6 Å². The second kappa shape index (κ2) is 8.69. The van der Waals surface area contributed by atoms with E-state index in [1.54, 1.807) is 19.2 Å². The SMILES string of the molecule is Cc1nc2ccccc2n1CCNC(=O)N(C)Cc1ccc(OC(F)F)cc1. The molecular weight excluding hydrogens is 366 g/mol. The van der Waals surface area contributed by atoms with Gasteiger partial charge in [-0.1, -0.05) is 24.3 Å². The number of alkyl halides is 2. The van der Waals surface area contributed by atoms with Gasteiger partial charge in [0.1, 0.15) is 11.6 Å². The topological polar surface area (TPSA) is 59.4 Å². The van der Waals surface area contributed by atoms with Crippen LogP contribution in [0.2, 0.25) is 0 Å². The molecule has 0 spiro atoms. The van der Waals surface area contributed by atoms with Gasteiger partial charge in [0.25, 0.3) is 0 Å². The van der Waals surface area contributed by atoms with Crippen LogP contribution in [0.25, 0.3) is 11.0 Å². The van der Waals surface area contributed by atoms with Crippen molar-refractivity contribution in [2.24, 2.45) is 0 Å². The summed E-state index contributed by atoms with van der Waals surface area (Å²) in [6.07, 6.45) is 0. The maximum atomic E-state index is 12.3. The van der Waals surface area contributed by atoms with Crippen LogP contribution in [0.15, 0.2) is 48.5 Å². The van der Waals surface area contributed by atoms with Crippen molar-refractivity contribution >= 4 is 17.1 Å². The number of carbonyl (C=O) groups excluding carboxylic acids is 1. The Morgan fingerprint density at radius 3 is 2.64 bits per heavy atom. The highest BCUT2D eigenvalue weighted by molar-refractivity contribution is 5.76. The van der Waals surface area contributed by atoms with Crippen molar-refractivity contribution in [3.05, 3.63) is 59.9 Å². The lowest BCUT2D eigenvalue weighted by Crippen LogP contribution is -2.38. The molecular formula is C20H22F2N4O2. The second-order valence-corrected chi connectivity index (χ2v) is 6.41. The van der Waals surface area contributed by atoms with Crippen LogP contribution in [-0.4, -0.2) is 40.7 Å². The molecule has 0 saturated heterocycles. The number of nitrogens with one attached hydrogen (secondary N) is 1. The number of ether oxygens (including phenoxy) is 1. The summed E-state index contributed by atoms with van der Waals surface area (Å²) in [7, 11) is 1.68. The van der Waals surface area contributed by atoms with Crippen molar-refractivity contribution in [3.8, 4) is 5.75 Å². The van der Waals surface area contributed by atoms with Crippen molar-refractivity contribution in [2.75, 3.05) is 13.6 Å². The normalized spacial score (nSPS) is 11.0. The van der Waals surface area contributed by atoms with Crippen LogP contribution in [0.3, 0.4) is 0 Å². The van der Waals surface area contributed by atoms with E-state index >= 15 is 0 Å². The molecule has 1 N–H and O–H groups in total. The van der Waals surface area contributed by atoms with Gasteiger partial charge in [0.2, 0.25) is 0 Å². The lowest BCUT2D eigenvalue weighted by atomic mass is 10.2. The first-order chi connectivity index (χ1) is 13.4. The fourth-order valence-electron chi connectivity index (χ4n) is 3.01. The number of aryl methyl sites for hydroxylation is 1. The molecule has 148 valence electrons. The first-order valence-corrected chi connectivity index (χ1v) is 8.88. The molecule has 0 radical (unpaired) electrons. The molecule has 0 bridgehead atoms. The number of nitrogens with zero attached hydrogens (tertiary/aromatic N) is 3. The molecule has 1 heterocycles. The number of benzene rings is 2. The molecule has 2 aromatic carbocycles. The Hall–Kier alpha value is -3.16. The Balaban J connectivity index is 1.51. The molecule has 8 heteroatoms. The molecule has 0 aliphatic rings. The maximum absolute atomic E-state index is 12.3. The number of aromatic nitrogens is 2. The van der Waals surface area contributed by atoms with Crippen LogP contribution >= 0.6 is 0 Å². The Labute approximate surface area is 161 Å². The lowest BCUT2D eigenvalue weighted by Gasteiger charge is -2.18. The number of carbonyl (C=O) groups is 1. The Morgan fingerprint density at radius 2 is 1.93 bits per heavy atom. The van der Waals surface area contributed by atoms with Crippen molar-refractivity contribution < 1.29 is 18.3 Å². The van der Waals surface area contributed by atoms with Crippen molar-refractivity contribution in [1.82, 2.24) is 19.8 Å². The molecule has 28 heavy (non-hydrogen) atoms. The highest BCUT2D eigenvalue weighted by atomic mass is 19.3. The average Bonchev–Trinajstić information content (AvgIpc) is 2.98. The zero-order valence-corrected chi connectivity index (χ0v) is 15.7. The maximum Gasteiger partial charge on any atom is 0.387 e. The van der Waals surface area contributed by atoms with Crippen molar-refractivity contribution in [3.63, 3.8) is 0 Å². The van der Waals surface area contributed by atoms with E-state index in [2.05, 4.69) is 19.6 Å². The summed E-state index contributed by atoms with van der Waals surface area (Å²) in [6, 6.07) is 13.9. The monoisotopic (exact) mass is 388 g/mol. The van der Waals surface area contributed by atoms with E-state index in [1.165, 1.54) is 17.0 Å². The zero-order chi connectivity index (χ0) is 20.1. The minimum atomic E-state index is -2.85. The van der Waals surface area contributed by atoms with Crippen LogP contribution < -0.4 is 10.1 Å². The molecule has 0 aliphatic heterocycles. The fourth-order valence-corrected chi connectivity index (χ4v) is 3.01. The molecule has 3 rings (SSSR count). The summed E-state index contributed by atoms with van der Waals surface area (Å²) < 4.78 is 30.7. The van der Waals surface area contributed by atoms with E-state index in [1.807, 2.05) is 31.2 Å². The molecule has 2 amide bonds. The van der Waals surface area contributed by atoms with Gasteiger partial charge in [0, 0.05) is 26.7 Å². The van der Waals surface area contributed by atoms with Crippen molar-refractivity contribution in [1.29, 1.82) is 0 Å². The Morgan fingerprint density at radius 1 is 1.21 bits per heavy atom. The highest BCUT2D eigenvalue weighted by Gasteiger charge is 2.11. The van der Waals surface area contributed by atoms with Crippen LogP contribution in [0.4, 0.5) is 13.6 Å². The number of amides is 2. The number of halogens is 2. The predicted octanol–water partition coefficient (Wildman–Crippen LogP) is 3.79. The number of fused-ring (bicyclic) bond motifs is 1. The first kappa shape index (κ1) is 19.6. The Bertz CT molecular complexity index is 941. The number of hydrogen-bond donors (Lipinski definition) is 1. The Kier molecular flexibility index (Phi) is 6.08. The van der Waals surface area contributed by atoms with Gasteiger partial charge in [-0.15, -0.1) is 0 Å². The minimum Gasteiger partial charge on any atom is -0.435 e. The summed E-state index contributed by atoms with van der Waals surface area (Å²) >= 11 is 0. The van der Waals surface area contributed by atoms with E-state index in [4.69, 9.17) is 0 Å². The minimum absolute atomic E-state index is 0.0915. The van der Waals surface area contributed by atoms with Gasteiger partial charge in [0.05, 0.1) is 11.0 Å². The standard InChI is InChI=1S/C20H22F2N4O2/c1-14-24-17-5-3-4-6-18(17)26(14)12-11-23-20(27)25(2)13-15-7-9-16(10-8-15)28-19(21)22/h3-10,19H,11-13H2,1-2H3,(H,23,27). The number of urea groups is 1. The molecule has 3 aromatic rings. The third-order valence-corrected chi connectivity index (χ3v) is 4.37. The van der Waals surface area contributed by atoms with Crippen LogP contribution in [-0.2, 0) is 13.1 Å². The van der Waals surface area contributed by atoms with E-state index in [-0.39, 0.29) is 11.8 Å². The smallest absolute Gasteiger partial charge is 0.387 e. The lowest BCUT2D eigenvalue weighted by molar-refractivity contribution is -0.0498.